The molecule has 18 heavy (non-hydrogen) atoms. The fourth-order valence-corrected chi connectivity index (χ4v) is 1.51. The summed E-state index contributed by atoms with van der Waals surface area (Å²) >= 11 is 0. The molecule has 2 N–H and O–H groups in total. The summed E-state index contributed by atoms with van der Waals surface area (Å²) in [5.74, 6) is -0.411. The Balaban J connectivity index is 2.20. The van der Waals surface area contributed by atoms with E-state index in [1.807, 2.05) is 0 Å². The van der Waals surface area contributed by atoms with Gasteiger partial charge in [-0.15, -0.1) is 0 Å². The van der Waals surface area contributed by atoms with E-state index < -0.39 is 0 Å². The minimum absolute atomic E-state index is 0.0521. The fourth-order valence-electron chi connectivity index (χ4n) is 1.51. The maximum absolute atomic E-state index is 11.9. The number of aromatic nitrogens is 3. The number of hydrogen-bond acceptors (Lipinski definition) is 4. The molecule has 2 aromatic rings. The van der Waals surface area contributed by atoms with Gasteiger partial charge in [0, 0.05) is 11.3 Å². The lowest BCUT2D eigenvalue weighted by Crippen LogP contribution is -2.14. The van der Waals surface area contributed by atoms with E-state index in [2.05, 4.69) is 20.7 Å². The molecule has 0 aliphatic heterocycles. The highest BCUT2D eigenvalue weighted by molar-refractivity contribution is 6.04. The van der Waals surface area contributed by atoms with Crippen LogP contribution < -0.4 is 5.32 Å². The Kier molecular flexibility index (Phi) is 3.18. The van der Waals surface area contributed by atoms with E-state index in [1.54, 1.807) is 31.2 Å². The molecule has 1 aromatic heterocycles. The summed E-state index contributed by atoms with van der Waals surface area (Å²) in [6, 6.07) is 6.73. The summed E-state index contributed by atoms with van der Waals surface area (Å²) in [4.78, 5) is 23.1. The molecule has 1 heterocycles. The monoisotopic (exact) mass is 244 g/mol. The van der Waals surface area contributed by atoms with Gasteiger partial charge in [0.05, 0.1) is 5.69 Å². The van der Waals surface area contributed by atoms with Crippen LogP contribution in [0.3, 0.4) is 0 Å². The summed E-state index contributed by atoms with van der Waals surface area (Å²) in [5.41, 5.74) is 1.86. The van der Waals surface area contributed by atoms with Crippen molar-refractivity contribution in [1.29, 1.82) is 0 Å². The van der Waals surface area contributed by atoms with Gasteiger partial charge >= 0.3 is 0 Å². The smallest absolute Gasteiger partial charge is 0.278 e. The van der Waals surface area contributed by atoms with Crippen LogP contribution in [0.5, 0.6) is 0 Å². The van der Waals surface area contributed by atoms with Crippen molar-refractivity contribution in [2.75, 3.05) is 5.32 Å². The molecule has 0 saturated heterocycles. The van der Waals surface area contributed by atoms with Crippen LogP contribution in [0.25, 0.3) is 0 Å². The number of nitrogens with zero attached hydrogens (tertiary/aromatic N) is 2. The number of amides is 1. The normalized spacial score (nSPS) is 10.1. The molecule has 0 unspecified atom stereocenters. The van der Waals surface area contributed by atoms with Gasteiger partial charge < -0.3 is 5.32 Å². The summed E-state index contributed by atoms with van der Waals surface area (Å²) in [6.45, 7) is 3.16. The van der Waals surface area contributed by atoms with Gasteiger partial charge in [-0.05, 0) is 26.0 Å². The molecule has 6 nitrogen and oxygen atoms in total. The molecule has 2 rings (SSSR count). The van der Waals surface area contributed by atoms with Crippen molar-refractivity contribution in [3.8, 4) is 0 Å². The predicted molar refractivity (Wildman–Crippen MR) is 65.5 cm³/mol. The van der Waals surface area contributed by atoms with Crippen molar-refractivity contribution in [3.05, 3.63) is 41.2 Å². The molecule has 0 aliphatic rings. The van der Waals surface area contributed by atoms with Gasteiger partial charge in [-0.3, -0.25) is 9.59 Å². The molecule has 0 aliphatic carbocycles. The summed E-state index contributed by atoms with van der Waals surface area (Å²) < 4.78 is 0. The third-order valence-electron chi connectivity index (χ3n) is 2.46. The summed E-state index contributed by atoms with van der Waals surface area (Å²) in [5, 5.41) is 12.6. The molecule has 6 heteroatoms. The van der Waals surface area contributed by atoms with Gasteiger partial charge in [0.2, 0.25) is 0 Å². The highest BCUT2D eigenvalue weighted by atomic mass is 16.2. The molecule has 0 atom stereocenters. The lowest BCUT2D eigenvalue weighted by Gasteiger charge is -2.04. The van der Waals surface area contributed by atoms with Crippen molar-refractivity contribution < 1.29 is 9.59 Å². The Hall–Kier alpha value is -2.50. The first-order chi connectivity index (χ1) is 8.58. The average Bonchev–Trinajstić information content (AvgIpc) is 2.76. The SMILES string of the molecule is CC(=O)c1cccc(NC(=O)c2n[nH]nc2C)c1. The molecule has 92 valence electrons. The third kappa shape index (κ3) is 2.42. The second-order valence-corrected chi connectivity index (χ2v) is 3.85. The molecular formula is C12H12N4O2. The molecule has 1 aromatic carbocycles. The third-order valence-corrected chi connectivity index (χ3v) is 2.46. The number of benzene rings is 1. The summed E-state index contributed by atoms with van der Waals surface area (Å²) in [6.07, 6.45) is 0. The molecule has 0 bridgehead atoms. The van der Waals surface area contributed by atoms with Crippen molar-refractivity contribution >= 4 is 17.4 Å². The maximum Gasteiger partial charge on any atom is 0.278 e. The quantitative estimate of drug-likeness (QED) is 0.802. The van der Waals surface area contributed by atoms with Crippen LogP contribution in [0.1, 0.15) is 33.5 Å². The van der Waals surface area contributed by atoms with Crippen LogP contribution in [0.4, 0.5) is 5.69 Å². The Morgan fingerprint density at radius 3 is 2.67 bits per heavy atom. The number of carbonyl (C=O) groups excluding carboxylic acids is 2. The topological polar surface area (TPSA) is 87.7 Å². The first-order valence-corrected chi connectivity index (χ1v) is 5.37. The number of ketones is 1. The van der Waals surface area contributed by atoms with E-state index in [-0.39, 0.29) is 17.4 Å². The van der Waals surface area contributed by atoms with Crippen LogP contribution in [-0.2, 0) is 0 Å². The number of H-pyrrole nitrogens is 1. The van der Waals surface area contributed by atoms with E-state index in [9.17, 15) is 9.59 Å². The molecule has 0 radical (unpaired) electrons. The molecule has 0 fully saturated rings. The Morgan fingerprint density at radius 1 is 1.28 bits per heavy atom. The molecule has 1 amide bonds. The minimum Gasteiger partial charge on any atom is -0.321 e. The number of aromatic amines is 1. The van der Waals surface area contributed by atoms with Crippen molar-refractivity contribution in [2.45, 2.75) is 13.8 Å². The van der Waals surface area contributed by atoms with Gasteiger partial charge in [0.25, 0.3) is 5.91 Å². The van der Waals surface area contributed by atoms with Crippen LogP contribution in [0, 0.1) is 6.92 Å². The Labute approximate surface area is 103 Å². The Morgan fingerprint density at radius 2 is 2.06 bits per heavy atom. The largest absolute Gasteiger partial charge is 0.321 e. The van der Waals surface area contributed by atoms with Gasteiger partial charge in [-0.2, -0.15) is 15.4 Å². The van der Waals surface area contributed by atoms with E-state index in [4.69, 9.17) is 0 Å². The average molecular weight is 244 g/mol. The first kappa shape index (κ1) is 12.0. The number of Topliss-reactive ketones (excluding diaryl/α,β-unsaturated/α-hetero) is 1. The zero-order valence-electron chi connectivity index (χ0n) is 10.0. The summed E-state index contributed by atoms with van der Waals surface area (Å²) in [7, 11) is 0. The maximum atomic E-state index is 11.9. The van der Waals surface area contributed by atoms with E-state index in [0.717, 1.165) is 0 Å². The Bertz CT molecular complexity index is 604. The van der Waals surface area contributed by atoms with Crippen LogP contribution in [0.15, 0.2) is 24.3 Å². The van der Waals surface area contributed by atoms with E-state index in [1.165, 1.54) is 6.92 Å². The zero-order valence-corrected chi connectivity index (χ0v) is 10.0. The zero-order chi connectivity index (χ0) is 13.1. The first-order valence-electron chi connectivity index (χ1n) is 5.37. The van der Waals surface area contributed by atoms with Gasteiger partial charge in [0.15, 0.2) is 11.5 Å². The number of carbonyl (C=O) groups is 2. The van der Waals surface area contributed by atoms with Crippen LogP contribution in [0.2, 0.25) is 0 Å². The second kappa shape index (κ2) is 4.79. The van der Waals surface area contributed by atoms with Gasteiger partial charge in [0.1, 0.15) is 0 Å². The predicted octanol–water partition coefficient (Wildman–Crippen LogP) is 1.57. The number of aryl methyl sites for hydroxylation is 1. The lowest BCUT2D eigenvalue weighted by atomic mass is 10.1. The number of rotatable bonds is 3. The molecule has 0 spiro atoms. The van der Waals surface area contributed by atoms with Crippen molar-refractivity contribution in [3.63, 3.8) is 0 Å². The van der Waals surface area contributed by atoms with Crippen LogP contribution in [-0.4, -0.2) is 27.1 Å². The number of hydrogen-bond donors (Lipinski definition) is 2. The number of nitrogens with one attached hydrogen (secondary N) is 2. The standard InChI is InChI=1S/C12H12N4O2/c1-7-11(15-16-14-7)12(18)13-10-5-3-4-9(6-10)8(2)17/h3-6H,1-2H3,(H,13,18)(H,14,15,16). The minimum atomic E-state index is -0.359. The van der Waals surface area contributed by atoms with E-state index >= 15 is 0 Å². The highest BCUT2D eigenvalue weighted by Crippen LogP contribution is 2.12. The molecule has 0 saturated carbocycles. The molecular weight excluding hydrogens is 232 g/mol. The van der Waals surface area contributed by atoms with E-state index in [0.29, 0.717) is 16.9 Å². The van der Waals surface area contributed by atoms with Crippen molar-refractivity contribution in [1.82, 2.24) is 15.4 Å². The lowest BCUT2D eigenvalue weighted by molar-refractivity contribution is 0.100. The van der Waals surface area contributed by atoms with Crippen molar-refractivity contribution in [2.24, 2.45) is 0 Å². The fraction of sp³-hybridized carbons (Fsp3) is 0.167. The second-order valence-electron chi connectivity index (χ2n) is 3.85. The van der Waals surface area contributed by atoms with Crippen LogP contribution >= 0.6 is 0 Å². The van der Waals surface area contributed by atoms with Gasteiger partial charge in [-0.25, -0.2) is 0 Å². The highest BCUT2D eigenvalue weighted by Gasteiger charge is 2.13. The number of anilines is 1. The van der Waals surface area contributed by atoms with Gasteiger partial charge in [-0.1, -0.05) is 12.1 Å².